The predicted octanol–water partition coefficient (Wildman–Crippen LogP) is 1.67. The van der Waals surface area contributed by atoms with Crippen molar-refractivity contribution in [3.05, 3.63) is 23.9 Å². The maximum absolute atomic E-state index is 10.7. The highest BCUT2D eigenvalue weighted by molar-refractivity contribution is 5.76. The predicted molar refractivity (Wildman–Crippen MR) is 54.3 cm³/mol. The number of carboxylic acid groups (broad SMARTS) is 1. The third-order valence-electron chi connectivity index (χ3n) is 1.94. The van der Waals surface area contributed by atoms with Crippen LogP contribution in [-0.4, -0.2) is 22.1 Å². The molecule has 1 aromatic rings. The fraction of sp³-hybridized carbons (Fsp3) is 0.400. The van der Waals surface area contributed by atoms with Crippen LogP contribution in [0, 0.1) is 6.92 Å². The number of rotatable bonds is 4. The van der Waals surface area contributed by atoms with Gasteiger partial charge < -0.3 is 10.4 Å². The Morgan fingerprint density at radius 1 is 1.64 bits per heavy atom. The van der Waals surface area contributed by atoms with E-state index >= 15 is 0 Å². The van der Waals surface area contributed by atoms with Crippen LogP contribution in [0.1, 0.15) is 18.9 Å². The van der Waals surface area contributed by atoms with Crippen molar-refractivity contribution in [2.24, 2.45) is 0 Å². The minimum Gasteiger partial charge on any atom is -0.480 e. The molecule has 1 atom stereocenters. The number of aromatic nitrogens is 1. The van der Waals surface area contributed by atoms with Crippen LogP contribution < -0.4 is 5.32 Å². The summed E-state index contributed by atoms with van der Waals surface area (Å²) >= 11 is 0. The topological polar surface area (TPSA) is 62.2 Å². The first-order chi connectivity index (χ1) is 6.63. The molecule has 0 radical (unpaired) electrons. The molecule has 0 aliphatic carbocycles. The normalized spacial score (nSPS) is 12.1. The summed E-state index contributed by atoms with van der Waals surface area (Å²) in [6.45, 7) is 3.76. The monoisotopic (exact) mass is 194 g/mol. The molecule has 0 spiro atoms. The Morgan fingerprint density at radius 3 is 2.79 bits per heavy atom. The molecule has 1 heterocycles. The molecular weight excluding hydrogens is 180 g/mol. The second-order valence-electron chi connectivity index (χ2n) is 3.16. The van der Waals surface area contributed by atoms with Gasteiger partial charge in [0.1, 0.15) is 11.9 Å². The molecule has 0 bridgehead atoms. The Kier molecular flexibility index (Phi) is 3.45. The zero-order valence-corrected chi connectivity index (χ0v) is 8.32. The number of carbonyl (C=O) groups is 1. The van der Waals surface area contributed by atoms with Gasteiger partial charge in [-0.15, -0.1) is 0 Å². The molecule has 0 aliphatic rings. The van der Waals surface area contributed by atoms with E-state index in [1.54, 1.807) is 12.3 Å². The van der Waals surface area contributed by atoms with Crippen LogP contribution in [0.15, 0.2) is 18.3 Å². The van der Waals surface area contributed by atoms with Gasteiger partial charge in [-0.05, 0) is 25.0 Å². The molecule has 0 aliphatic heterocycles. The summed E-state index contributed by atoms with van der Waals surface area (Å²) < 4.78 is 0. The molecule has 1 aromatic heterocycles. The number of nitrogens with one attached hydrogen (secondary N) is 1. The first kappa shape index (κ1) is 10.5. The lowest BCUT2D eigenvalue weighted by atomic mass is 10.2. The standard InChI is InChI=1S/C10H14N2O2/c1-3-8(10(13)14)12-9-5-4-7(2)6-11-9/h4-6,8H,3H2,1-2H3,(H,11,12)(H,13,14). The Hall–Kier alpha value is -1.58. The van der Waals surface area contributed by atoms with Crippen molar-refractivity contribution in [1.29, 1.82) is 0 Å². The van der Waals surface area contributed by atoms with E-state index in [-0.39, 0.29) is 0 Å². The van der Waals surface area contributed by atoms with Crippen LogP contribution in [0.2, 0.25) is 0 Å². The number of aryl methyl sites for hydroxylation is 1. The van der Waals surface area contributed by atoms with Crippen LogP contribution in [0.5, 0.6) is 0 Å². The number of carboxylic acids is 1. The van der Waals surface area contributed by atoms with Gasteiger partial charge in [0.15, 0.2) is 0 Å². The van der Waals surface area contributed by atoms with E-state index in [4.69, 9.17) is 5.11 Å². The lowest BCUT2D eigenvalue weighted by molar-refractivity contribution is -0.137. The SMILES string of the molecule is CCC(Nc1ccc(C)cn1)C(=O)O. The quantitative estimate of drug-likeness (QED) is 0.765. The lowest BCUT2D eigenvalue weighted by Gasteiger charge is -2.12. The van der Waals surface area contributed by atoms with Crippen LogP contribution >= 0.6 is 0 Å². The first-order valence-corrected chi connectivity index (χ1v) is 4.55. The van der Waals surface area contributed by atoms with Gasteiger partial charge in [-0.25, -0.2) is 9.78 Å². The van der Waals surface area contributed by atoms with Gasteiger partial charge in [-0.1, -0.05) is 13.0 Å². The summed E-state index contributed by atoms with van der Waals surface area (Å²) in [6.07, 6.45) is 2.24. The highest BCUT2D eigenvalue weighted by Crippen LogP contribution is 2.07. The van der Waals surface area contributed by atoms with E-state index in [1.165, 1.54) is 0 Å². The smallest absolute Gasteiger partial charge is 0.326 e. The number of pyridine rings is 1. The van der Waals surface area contributed by atoms with Gasteiger partial charge in [0.05, 0.1) is 0 Å². The van der Waals surface area contributed by atoms with Crippen molar-refractivity contribution in [3.63, 3.8) is 0 Å². The molecule has 4 heteroatoms. The Labute approximate surface area is 83.0 Å². The first-order valence-electron chi connectivity index (χ1n) is 4.55. The largest absolute Gasteiger partial charge is 0.480 e. The fourth-order valence-electron chi connectivity index (χ4n) is 1.07. The van der Waals surface area contributed by atoms with Crippen molar-refractivity contribution < 1.29 is 9.90 Å². The maximum atomic E-state index is 10.7. The molecule has 0 amide bonds. The Bertz CT molecular complexity index is 308. The molecule has 0 aromatic carbocycles. The van der Waals surface area contributed by atoms with Crippen LogP contribution in [0.4, 0.5) is 5.82 Å². The van der Waals surface area contributed by atoms with Crippen molar-refractivity contribution in [2.45, 2.75) is 26.3 Å². The average molecular weight is 194 g/mol. The summed E-state index contributed by atoms with van der Waals surface area (Å²) in [5, 5.41) is 11.6. The average Bonchev–Trinajstić information content (AvgIpc) is 2.16. The second kappa shape index (κ2) is 4.60. The molecule has 1 rings (SSSR count). The molecule has 2 N–H and O–H groups in total. The summed E-state index contributed by atoms with van der Waals surface area (Å²) in [7, 11) is 0. The highest BCUT2D eigenvalue weighted by Gasteiger charge is 2.14. The number of aliphatic carboxylic acids is 1. The van der Waals surface area contributed by atoms with Crippen LogP contribution in [0.3, 0.4) is 0 Å². The van der Waals surface area contributed by atoms with Gasteiger partial charge in [0.25, 0.3) is 0 Å². The summed E-state index contributed by atoms with van der Waals surface area (Å²) in [6, 6.07) is 3.11. The van der Waals surface area contributed by atoms with E-state index in [2.05, 4.69) is 10.3 Å². The van der Waals surface area contributed by atoms with Crippen molar-refractivity contribution in [1.82, 2.24) is 4.98 Å². The number of anilines is 1. The molecule has 76 valence electrons. The van der Waals surface area contributed by atoms with E-state index in [0.29, 0.717) is 12.2 Å². The lowest BCUT2D eigenvalue weighted by Crippen LogP contribution is -2.28. The number of nitrogens with zero attached hydrogens (tertiary/aromatic N) is 1. The van der Waals surface area contributed by atoms with E-state index in [0.717, 1.165) is 5.56 Å². The van der Waals surface area contributed by atoms with Gasteiger partial charge in [-0.3, -0.25) is 0 Å². The fourth-order valence-corrected chi connectivity index (χ4v) is 1.07. The number of hydrogen-bond acceptors (Lipinski definition) is 3. The van der Waals surface area contributed by atoms with Gasteiger partial charge in [0.2, 0.25) is 0 Å². The Morgan fingerprint density at radius 2 is 2.36 bits per heavy atom. The zero-order valence-electron chi connectivity index (χ0n) is 8.32. The molecule has 4 nitrogen and oxygen atoms in total. The summed E-state index contributed by atoms with van der Waals surface area (Å²) in [5.74, 6) is -0.250. The molecule has 0 saturated heterocycles. The van der Waals surface area contributed by atoms with Crippen LogP contribution in [0.25, 0.3) is 0 Å². The molecule has 1 unspecified atom stereocenters. The maximum Gasteiger partial charge on any atom is 0.326 e. The molecule has 14 heavy (non-hydrogen) atoms. The van der Waals surface area contributed by atoms with Gasteiger partial charge in [0, 0.05) is 6.20 Å². The minimum atomic E-state index is -0.852. The summed E-state index contributed by atoms with van der Waals surface area (Å²) in [5.41, 5.74) is 1.05. The van der Waals surface area contributed by atoms with Gasteiger partial charge >= 0.3 is 5.97 Å². The Balaban J connectivity index is 2.67. The van der Waals surface area contributed by atoms with E-state index in [9.17, 15) is 4.79 Å². The van der Waals surface area contributed by atoms with Crippen LogP contribution in [-0.2, 0) is 4.79 Å². The third kappa shape index (κ3) is 2.73. The molecule has 0 saturated carbocycles. The van der Waals surface area contributed by atoms with Crippen molar-refractivity contribution in [3.8, 4) is 0 Å². The number of hydrogen-bond donors (Lipinski definition) is 2. The summed E-state index contributed by atoms with van der Waals surface area (Å²) in [4.78, 5) is 14.8. The second-order valence-corrected chi connectivity index (χ2v) is 3.16. The third-order valence-corrected chi connectivity index (χ3v) is 1.94. The van der Waals surface area contributed by atoms with Crippen molar-refractivity contribution in [2.75, 3.05) is 5.32 Å². The highest BCUT2D eigenvalue weighted by atomic mass is 16.4. The molecule has 0 fully saturated rings. The van der Waals surface area contributed by atoms with E-state index < -0.39 is 12.0 Å². The van der Waals surface area contributed by atoms with E-state index in [1.807, 2.05) is 19.9 Å². The molecular formula is C10H14N2O2. The van der Waals surface area contributed by atoms with Gasteiger partial charge in [-0.2, -0.15) is 0 Å². The zero-order chi connectivity index (χ0) is 10.6. The van der Waals surface area contributed by atoms with Crippen molar-refractivity contribution >= 4 is 11.8 Å². The minimum absolute atomic E-state index is 0.533.